The van der Waals surface area contributed by atoms with Gasteiger partial charge in [0.15, 0.2) is 0 Å². The first-order valence-electron chi connectivity index (χ1n) is 5.73. The average Bonchev–Trinajstić information content (AvgIpc) is 2.22. The number of hydrogen-bond donors (Lipinski definition) is 1. The Bertz CT molecular complexity index is 365. The maximum absolute atomic E-state index is 11.9. The molecule has 0 saturated carbocycles. The van der Waals surface area contributed by atoms with Gasteiger partial charge in [-0.2, -0.15) is 13.2 Å². The van der Waals surface area contributed by atoms with Crippen LogP contribution in [0, 0.1) is 0 Å². The highest BCUT2D eigenvalue weighted by Crippen LogP contribution is 2.29. The Morgan fingerprint density at radius 2 is 1.61 bits per heavy atom. The molecule has 1 aromatic rings. The number of alkyl halides is 3. The van der Waals surface area contributed by atoms with Crippen LogP contribution in [-0.4, -0.2) is 17.8 Å². The topological polar surface area (TPSA) is 12.0 Å². The molecule has 1 nitrogen and oxygen atoms in total. The van der Waals surface area contributed by atoms with Crippen LogP contribution in [0.25, 0.3) is 0 Å². The average molecular weight is 277 g/mol. The van der Waals surface area contributed by atoms with Crippen molar-refractivity contribution in [2.75, 3.05) is 17.6 Å². The van der Waals surface area contributed by atoms with Gasteiger partial charge in [-0.25, -0.2) is 0 Å². The van der Waals surface area contributed by atoms with Crippen molar-refractivity contribution >= 4 is 17.4 Å². The van der Waals surface area contributed by atoms with Crippen molar-refractivity contribution in [3.05, 3.63) is 29.8 Å². The molecule has 0 fully saturated rings. The highest BCUT2D eigenvalue weighted by molar-refractivity contribution is 8.00. The number of anilines is 1. The second kappa shape index (κ2) is 5.87. The summed E-state index contributed by atoms with van der Waals surface area (Å²) in [5, 5.41) is 2.98. The van der Waals surface area contributed by atoms with E-state index in [1.807, 2.05) is 24.3 Å². The molecule has 0 amide bonds. The standard InChI is InChI=1S/C13H18F3NS/c1-12(2,3)10-4-6-11(7-5-10)17-8-9-18-13(14,15)16/h4-7,17H,8-9H2,1-3H3. The van der Waals surface area contributed by atoms with Crippen LogP contribution in [-0.2, 0) is 5.41 Å². The van der Waals surface area contributed by atoms with Crippen molar-refractivity contribution in [3.63, 3.8) is 0 Å². The quantitative estimate of drug-likeness (QED) is 0.804. The van der Waals surface area contributed by atoms with E-state index < -0.39 is 5.51 Å². The van der Waals surface area contributed by atoms with Gasteiger partial charge in [-0.3, -0.25) is 0 Å². The molecule has 0 aromatic heterocycles. The molecule has 102 valence electrons. The summed E-state index contributed by atoms with van der Waals surface area (Å²) >= 11 is -0.00227. The summed E-state index contributed by atoms with van der Waals surface area (Å²) in [5.41, 5.74) is -1.99. The molecule has 0 unspecified atom stereocenters. The fraction of sp³-hybridized carbons (Fsp3) is 0.538. The summed E-state index contributed by atoms with van der Waals surface area (Å²) in [6.45, 7) is 6.67. The lowest BCUT2D eigenvalue weighted by Gasteiger charge is -2.19. The Hall–Kier alpha value is -0.840. The Labute approximate surface area is 110 Å². The maximum Gasteiger partial charge on any atom is 0.441 e. The van der Waals surface area contributed by atoms with E-state index in [2.05, 4.69) is 26.1 Å². The molecule has 0 radical (unpaired) electrons. The van der Waals surface area contributed by atoms with Crippen LogP contribution in [0.2, 0.25) is 0 Å². The number of thioether (sulfide) groups is 1. The molecule has 0 heterocycles. The molecular formula is C13H18F3NS. The third kappa shape index (κ3) is 5.67. The predicted octanol–water partition coefficient (Wildman–Crippen LogP) is 4.65. The number of benzene rings is 1. The second-order valence-corrected chi connectivity index (χ2v) is 6.21. The first-order chi connectivity index (χ1) is 8.18. The number of nitrogens with one attached hydrogen (secondary N) is 1. The highest BCUT2D eigenvalue weighted by Gasteiger charge is 2.27. The Kier molecular flexibility index (Phi) is 4.96. The molecule has 18 heavy (non-hydrogen) atoms. The molecule has 0 saturated heterocycles. The van der Waals surface area contributed by atoms with E-state index in [0.717, 1.165) is 5.69 Å². The summed E-state index contributed by atoms with van der Waals surface area (Å²) in [6, 6.07) is 7.80. The van der Waals surface area contributed by atoms with Crippen LogP contribution >= 0.6 is 11.8 Å². The third-order valence-corrected chi connectivity index (χ3v) is 3.18. The maximum atomic E-state index is 11.9. The molecule has 0 aliphatic rings. The molecule has 0 spiro atoms. The van der Waals surface area contributed by atoms with Crippen molar-refractivity contribution in [1.29, 1.82) is 0 Å². The van der Waals surface area contributed by atoms with Crippen molar-refractivity contribution in [3.8, 4) is 0 Å². The van der Waals surface area contributed by atoms with Crippen LogP contribution in [0.3, 0.4) is 0 Å². The van der Waals surface area contributed by atoms with Gasteiger partial charge in [0.25, 0.3) is 0 Å². The van der Waals surface area contributed by atoms with Crippen LogP contribution < -0.4 is 5.32 Å². The molecule has 0 aliphatic heterocycles. The molecule has 5 heteroatoms. The molecule has 1 N–H and O–H groups in total. The zero-order valence-electron chi connectivity index (χ0n) is 10.8. The van der Waals surface area contributed by atoms with E-state index in [1.165, 1.54) is 5.56 Å². The van der Waals surface area contributed by atoms with Gasteiger partial charge in [-0.1, -0.05) is 32.9 Å². The number of rotatable bonds is 4. The van der Waals surface area contributed by atoms with E-state index >= 15 is 0 Å². The van der Waals surface area contributed by atoms with Gasteiger partial charge >= 0.3 is 5.51 Å². The summed E-state index contributed by atoms with van der Waals surface area (Å²) in [4.78, 5) is 0. The first kappa shape index (κ1) is 15.2. The third-order valence-electron chi connectivity index (χ3n) is 2.45. The largest absolute Gasteiger partial charge is 0.441 e. The summed E-state index contributed by atoms with van der Waals surface area (Å²) < 4.78 is 35.7. The monoisotopic (exact) mass is 277 g/mol. The van der Waals surface area contributed by atoms with E-state index in [9.17, 15) is 13.2 Å². The first-order valence-corrected chi connectivity index (χ1v) is 6.72. The fourth-order valence-corrected chi connectivity index (χ4v) is 1.89. The molecule has 1 aromatic carbocycles. The van der Waals surface area contributed by atoms with Crippen molar-refractivity contribution in [1.82, 2.24) is 0 Å². The smallest absolute Gasteiger partial charge is 0.384 e. The van der Waals surface area contributed by atoms with Crippen LogP contribution in [0.4, 0.5) is 18.9 Å². The lowest BCUT2D eigenvalue weighted by atomic mass is 9.87. The normalized spacial score (nSPS) is 12.6. The Morgan fingerprint density at radius 1 is 1.06 bits per heavy atom. The SMILES string of the molecule is CC(C)(C)c1ccc(NCCSC(F)(F)F)cc1. The summed E-state index contributed by atoms with van der Waals surface area (Å²) in [7, 11) is 0. The number of hydrogen-bond acceptors (Lipinski definition) is 2. The molecule has 0 bridgehead atoms. The highest BCUT2D eigenvalue weighted by atomic mass is 32.2. The minimum atomic E-state index is -4.14. The van der Waals surface area contributed by atoms with E-state index in [4.69, 9.17) is 0 Å². The lowest BCUT2D eigenvalue weighted by Crippen LogP contribution is -2.12. The lowest BCUT2D eigenvalue weighted by molar-refractivity contribution is -0.0327. The Morgan fingerprint density at radius 3 is 2.06 bits per heavy atom. The minimum Gasteiger partial charge on any atom is -0.384 e. The number of halogens is 3. The summed E-state index contributed by atoms with van der Waals surface area (Å²) in [5.74, 6) is 0.0184. The minimum absolute atomic E-state index is 0.00227. The fourth-order valence-electron chi connectivity index (χ4n) is 1.45. The van der Waals surface area contributed by atoms with Crippen LogP contribution in [0.15, 0.2) is 24.3 Å². The van der Waals surface area contributed by atoms with Crippen molar-refractivity contribution in [2.24, 2.45) is 0 Å². The van der Waals surface area contributed by atoms with E-state index in [0.29, 0.717) is 6.54 Å². The van der Waals surface area contributed by atoms with Gasteiger partial charge in [0, 0.05) is 18.0 Å². The van der Waals surface area contributed by atoms with Crippen LogP contribution in [0.1, 0.15) is 26.3 Å². The zero-order valence-corrected chi connectivity index (χ0v) is 11.6. The Balaban J connectivity index is 2.41. The van der Waals surface area contributed by atoms with Gasteiger partial charge in [0.05, 0.1) is 0 Å². The van der Waals surface area contributed by atoms with Crippen molar-refractivity contribution < 1.29 is 13.2 Å². The molecule has 0 atom stereocenters. The second-order valence-electron chi connectivity index (χ2n) is 5.05. The molecule has 0 aliphatic carbocycles. The predicted molar refractivity (Wildman–Crippen MR) is 72.1 cm³/mol. The van der Waals surface area contributed by atoms with E-state index in [1.54, 1.807) is 0 Å². The summed E-state index contributed by atoms with van der Waals surface area (Å²) in [6.07, 6.45) is 0. The molecule has 1 rings (SSSR count). The van der Waals surface area contributed by atoms with Gasteiger partial charge < -0.3 is 5.32 Å². The molecular weight excluding hydrogens is 259 g/mol. The van der Waals surface area contributed by atoms with Gasteiger partial charge in [0.2, 0.25) is 0 Å². The van der Waals surface area contributed by atoms with E-state index in [-0.39, 0.29) is 22.9 Å². The zero-order chi connectivity index (χ0) is 13.8. The van der Waals surface area contributed by atoms with Crippen LogP contribution in [0.5, 0.6) is 0 Å². The van der Waals surface area contributed by atoms with Gasteiger partial charge in [-0.15, -0.1) is 0 Å². The van der Waals surface area contributed by atoms with Gasteiger partial charge in [-0.05, 0) is 34.9 Å². The van der Waals surface area contributed by atoms with Crippen molar-refractivity contribution in [2.45, 2.75) is 31.7 Å². The van der Waals surface area contributed by atoms with Gasteiger partial charge in [0.1, 0.15) is 0 Å².